The number of carbonyl (C=O) groups excluding carboxylic acids is 1. The van der Waals surface area contributed by atoms with Crippen LogP contribution in [0.3, 0.4) is 0 Å². The summed E-state index contributed by atoms with van der Waals surface area (Å²) in [6.07, 6.45) is 3.18. The Kier molecular flexibility index (Phi) is 3.35. The minimum absolute atomic E-state index is 0.229. The molecule has 0 saturated heterocycles. The molecule has 0 N–H and O–H groups in total. The molecular weight excluding hydrogens is 200 g/mol. The maximum Gasteiger partial charge on any atom is 0.143 e. The summed E-state index contributed by atoms with van der Waals surface area (Å²) in [7, 11) is 0. The maximum atomic E-state index is 12.1. The molecule has 2 nitrogen and oxygen atoms in total. The SMILES string of the molecule is C=CC1(C)C(=O)CCC(C)(OCC)C1(C)C. The fourth-order valence-electron chi connectivity index (χ4n) is 2.76. The molecule has 1 saturated carbocycles. The van der Waals surface area contributed by atoms with Crippen LogP contribution in [0.5, 0.6) is 0 Å². The molecule has 0 heterocycles. The minimum Gasteiger partial charge on any atom is -0.375 e. The summed E-state index contributed by atoms with van der Waals surface area (Å²) in [5.41, 5.74) is -0.971. The van der Waals surface area contributed by atoms with E-state index >= 15 is 0 Å². The quantitative estimate of drug-likeness (QED) is 0.687. The maximum absolute atomic E-state index is 12.1. The molecule has 0 radical (unpaired) electrons. The van der Waals surface area contributed by atoms with Crippen LogP contribution >= 0.6 is 0 Å². The van der Waals surface area contributed by atoms with Gasteiger partial charge in [-0.25, -0.2) is 0 Å². The predicted octanol–water partition coefficient (Wildman–Crippen LogP) is 3.36. The summed E-state index contributed by atoms with van der Waals surface area (Å²) in [4.78, 5) is 12.1. The van der Waals surface area contributed by atoms with Gasteiger partial charge in [0.05, 0.1) is 11.0 Å². The summed E-state index contributed by atoms with van der Waals surface area (Å²) >= 11 is 0. The van der Waals surface area contributed by atoms with Crippen LogP contribution < -0.4 is 0 Å². The molecule has 2 heteroatoms. The Labute approximate surface area is 99.1 Å². The molecule has 2 atom stereocenters. The molecule has 1 aliphatic carbocycles. The van der Waals surface area contributed by atoms with E-state index in [0.717, 1.165) is 6.42 Å². The number of allylic oxidation sites excluding steroid dienone is 1. The third kappa shape index (κ3) is 1.55. The highest BCUT2D eigenvalue weighted by atomic mass is 16.5. The molecule has 1 fully saturated rings. The molecular formula is C14H24O2. The van der Waals surface area contributed by atoms with Crippen molar-refractivity contribution in [3.63, 3.8) is 0 Å². The van der Waals surface area contributed by atoms with Crippen molar-refractivity contribution >= 4 is 5.78 Å². The van der Waals surface area contributed by atoms with Gasteiger partial charge in [-0.05, 0) is 27.2 Å². The second-order valence-electron chi connectivity index (χ2n) is 5.62. The van der Waals surface area contributed by atoms with Gasteiger partial charge in [-0.1, -0.05) is 19.9 Å². The van der Waals surface area contributed by atoms with Crippen molar-refractivity contribution in [1.82, 2.24) is 0 Å². The van der Waals surface area contributed by atoms with Gasteiger partial charge in [0, 0.05) is 18.4 Å². The molecule has 1 aliphatic rings. The van der Waals surface area contributed by atoms with E-state index in [1.807, 2.05) is 13.8 Å². The molecule has 16 heavy (non-hydrogen) atoms. The third-order valence-corrected chi connectivity index (χ3v) is 4.90. The lowest BCUT2D eigenvalue weighted by atomic mass is 9.51. The van der Waals surface area contributed by atoms with Gasteiger partial charge in [0.15, 0.2) is 0 Å². The zero-order chi connectivity index (χ0) is 12.6. The van der Waals surface area contributed by atoms with E-state index in [9.17, 15) is 4.79 Å². The highest BCUT2D eigenvalue weighted by Gasteiger charge is 2.58. The number of Topliss-reactive ketones (excluding diaryl/α,β-unsaturated/α-hetero) is 1. The van der Waals surface area contributed by atoms with Crippen LogP contribution in [0.15, 0.2) is 12.7 Å². The van der Waals surface area contributed by atoms with Gasteiger partial charge in [0.2, 0.25) is 0 Å². The van der Waals surface area contributed by atoms with Crippen LogP contribution in [0.2, 0.25) is 0 Å². The first-order chi connectivity index (χ1) is 7.25. The molecule has 1 rings (SSSR count). The van der Waals surface area contributed by atoms with E-state index in [1.165, 1.54) is 0 Å². The van der Waals surface area contributed by atoms with Crippen molar-refractivity contribution < 1.29 is 9.53 Å². The largest absolute Gasteiger partial charge is 0.375 e. The number of ketones is 1. The van der Waals surface area contributed by atoms with Crippen LogP contribution in [-0.4, -0.2) is 18.0 Å². The number of ether oxygens (including phenoxy) is 1. The van der Waals surface area contributed by atoms with Crippen molar-refractivity contribution in [3.8, 4) is 0 Å². The van der Waals surface area contributed by atoms with E-state index in [4.69, 9.17) is 4.74 Å². The van der Waals surface area contributed by atoms with Crippen LogP contribution in [0.1, 0.15) is 47.5 Å². The zero-order valence-corrected chi connectivity index (χ0v) is 11.2. The molecule has 0 amide bonds. The molecule has 0 aromatic carbocycles. The lowest BCUT2D eigenvalue weighted by Gasteiger charge is -2.56. The first kappa shape index (κ1) is 13.4. The van der Waals surface area contributed by atoms with Crippen LogP contribution in [0.25, 0.3) is 0 Å². The molecule has 92 valence electrons. The fourth-order valence-corrected chi connectivity index (χ4v) is 2.76. The van der Waals surface area contributed by atoms with Gasteiger partial charge in [0.1, 0.15) is 5.78 Å². The number of hydrogen-bond acceptors (Lipinski definition) is 2. The zero-order valence-electron chi connectivity index (χ0n) is 11.2. The van der Waals surface area contributed by atoms with Gasteiger partial charge in [0.25, 0.3) is 0 Å². The van der Waals surface area contributed by atoms with Crippen molar-refractivity contribution in [1.29, 1.82) is 0 Å². The van der Waals surface area contributed by atoms with Gasteiger partial charge in [-0.3, -0.25) is 4.79 Å². The lowest BCUT2D eigenvalue weighted by Crippen LogP contribution is -2.59. The van der Waals surface area contributed by atoms with E-state index < -0.39 is 5.41 Å². The Morgan fingerprint density at radius 1 is 1.38 bits per heavy atom. The number of carbonyl (C=O) groups is 1. The Balaban J connectivity index is 3.21. The molecule has 0 aliphatic heterocycles. The van der Waals surface area contributed by atoms with E-state index in [2.05, 4.69) is 27.4 Å². The summed E-state index contributed by atoms with van der Waals surface area (Å²) in [6.45, 7) is 14.9. The first-order valence-electron chi connectivity index (χ1n) is 6.06. The average Bonchev–Trinajstić information content (AvgIpc) is 2.23. The molecule has 2 unspecified atom stereocenters. The topological polar surface area (TPSA) is 26.3 Å². The second-order valence-corrected chi connectivity index (χ2v) is 5.62. The summed E-state index contributed by atoms with van der Waals surface area (Å²) in [6, 6.07) is 0. The lowest BCUT2D eigenvalue weighted by molar-refractivity contribution is -0.179. The average molecular weight is 224 g/mol. The summed E-state index contributed by atoms with van der Waals surface area (Å²) < 4.78 is 5.93. The van der Waals surface area contributed by atoms with E-state index in [1.54, 1.807) is 6.08 Å². The van der Waals surface area contributed by atoms with Crippen molar-refractivity contribution in [2.75, 3.05) is 6.61 Å². The standard InChI is InChI=1S/C14H24O2/c1-7-13(5)11(15)9-10-14(6,16-8-2)12(13,3)4/h7H,1,8-10H2,2-6H3. The van der Waals surface area contributed by atoms with Crippen LogP contribution in [-0.2, 0) is 9.53 Å². The predicted molar refractivity (Wildman–Crippen MR) is 66.4 cm³/mol. The monoisotopic (exact) mass is 224 g/mol. The van der Waals surface area contributed by atoms with Crippen molar-refractivity contribution in [2.45, 2.75) is 53.1 Å². The van der Waals surface area contributed by atoms with E-state index in [0.29, 0.717) is 13.0 Å². The van der Waals surface area contributed by atoms with E-state index in [-0.39, 0.29) is 16.8 Å². The third-order valence-electron chi connectivity index (χ3n) is 4.90. The highest BCUT2D eigenvalue weighted by molar-refractivity contribution is 5.88. The normalized spacial score (nSPS) is 38.4. The Morgan fingerprint density at radius 3 is 2.38 bits per heavy atom. The fraction of sp³-hybridized carbons (Fsp3) is 0.786. The van der Waals surface area contributed by atoms with Crippen molar-refractivity contribution in [3.05, 3.63) is 12.7 Å². The summed E-state index contributed by atoms with van der Waals surface area (Å²) in [5, 5.41) is 0. The Morgan fingerprint density at radius 2 is 1.94 bits per heavy atom. The second kappa shape index (κ2) is 3.99. The number of hydrogen-bond donors (Lipinski definition) is 0. The molecule has 0 aromatic heterocycles. The molecule has 0 spiro atoms. The minimum atomic E-state index is -0.491. The van der Waals surface area contributed by atoms with Crippen LogP contribution in [0, 0.1) is 10.8 Å². The van der Waals surface area contributed by atoms with Crippen LogP contribution in [0.4, 0.5) is 0 Å². The number of rotatable bonds is 3. The van der Waals surface area contributed by atoms with Gasteiger partial charge in [-0.2, -0.15) is 0 Å². The molecule has 0 aromatic rings. The summed E-state index contributed by atoms with van der Waals surface area (Å²) in [5.74, 6) is 0.282. The van der Waals surface area contributed by atoms with Gasteiger partial charge in [-0.15, -0.1) is 6.58 Å². The smallest absolute Gasteiger partial charge is 0.143 e. The van der Waals surface area contributed by atoms with Crippen molar-refractivity contribution in [2.24, 2.45) is 10.8 Å². The Bertz CT molecular complexity index is 306. The first-order valence-corrected chi connectivity index (χ1v) is 6.06. The highest BCUT2D eigenvalue weighted by Crippen LogP contribution is 2.55. The van der Waals surface area contributed by atoms with Gasteiger partial charge >= 0.3 is 0 Å². The Hall–Kier alpha value is -0.630. The molecule has 0 bridgehead atoms. The van der Waals surface area contributed by atoms with Gasteiger partial charge < -0.3 is 4.74 Å².